The lowest BCUT2D eigenvalue weighted by atomic mass is 9.95. The summed E-state index contributed by atoms with van der Waals surface area (Å²) in [5, 5.41) is 9.28. The van der Waals surface area contributed by atoms with E-state index in [9.17, 15) is 5.11 Å². The van der Waals surface area contributed by atoms with Gasteiger partial charge in [0.05, 0.1) is 12.2 Å². The highest BCUT2D eigenvalue weighted by molar-refractivity contribution is 4.91. The van der Waals surface area contributed by atoms with Crippen LogP contribution in [0.3, 0.4) is 0 Å². The number of hydrogen-bond acceptors (Lipinski definition) is 4. The molecule has 1 saturated carbocycles. The van der Waals surface area contributed by atoms with E-state index in [2.05, 4.69) is 0 Å². The van der Waals surface area contributed by atoms with E-state index in [-0.39, 0.29) is 30.9 Å². The van der Waals surface area contributed by atoms with Gasteiger partial charge in [0.2, 0.25) is 0 Å². The summed E-state index contributed by atoms with van der Waals surface area (Å²) in [6.45, 7) is 0. The van der Waals surface area contributed by atoms with Crippen LogP contribution >= 0.6 is 0 Å². The molecular weight excluding hydrogens is 172 g/mol. The van der Waals surface area contributed by atoms with Gasteiger partial charge in [-0.25, -0.2) is 0 Å². The lowest BCUT2D eigenvalue weighted by Crippen LogP contribution is -2.40. The molecule has 2 aliphatic heterocycles. The van der Waals surface area contributed by atoms with Gasteiger partial charge >= 0.3 is 0 Å². The number of hydrogen-bond donors (Lipinski definition) is 1. The fourth-order valence-corrected chi connectivity index (χ4v) is 2.01. The van der Waals surface area contributed by atoms with Crippen LogP contribution in [0.1, 0.15) is 25.7 Å². The molecule has 1 aliphatic carbocycles. The number of aliphatic hydroxyl groups is 1. The van der Waals surface area contributed by atoms with Gasteiger partial charge in [-0.1, -0.05) is 0 Å². The normalized spacial score (nSPS) is 53.8. The maximum absolute atomic E-state index is 9.28. The summed E-state index contributed by atoms with van der Waals surface area (Å²) in [6.07, 6.45) is 3.87. The van der Waals surface area contributed by atoms with Crippen molar-refractivity contribution in [3.05, 3.63) is 0 Å². The molecule has 2 heterocycles. The Kier molecular flexibility index (Phi) is 1.83. The van der Waals surface area contributed by atoms with Crippen molar-refractivity contribution in [1.29, 1.82) is 0 Å². The quantitative estimate of drug-likeness (QED) is 0.634. The second-order valence-electron chi connectivity index (χ2n) is 4.04. The average Bonchev–Trinajstić information content (AvgIpc) is 2.76. The van der Waals surface area contributed by atoms with E-state index in [0.717, 1.165) is 25.7 Å². The average molecular weight is 186 g/mol. The van der Waals surface area contributed by atoms with Crippen LogP contribution in [0, 0.1) is 0 Å². The van der Waals surface area contributed by atoms with Gasteiger partial charge in [0.1, 0.15) is 0 Å². The van der Waals surface area contributed by atoms with Crippen LogP contribution in [0.25, 0.3) is 0 Å². The minimum absolute atomic E-state index is 0.0409. The smallest absolute Gasteiger partial charge is 0.192 e. The molecule has 1 N–H and O–H groups in total. The van der Waals surface area contributed by atoms with E-state index in [1.807, 2.05) is 0 Å². The van der Waals surface area contributed by atoms with Crippen molar-refractivity contribution in [1.82, 2.24) is 0 Å². The van der Waals surface area contributed by atoms with Crippen LogP contribution in [0.5, 0.6) is 0 Å². The minimum atomic E-state index is -0.120. The molecule has 3 atom stereocenters. The van der Waals surface area contributed by atoms with E-state index >= 15 is 0 Å². The van der Waals surface area contributed by atoms with Gasteiger partial charge in [-0.2, -0.15) is 0 Å². The van der Waals surface area contributed by atoms with Gasteiger partial charge in [0.15, 0.2) is 18.7 Å². The van der Waals surface area contributed by atoms with Crippen molar-refractivity contribution in [2.45, 2.75) is 56.6 Å². The molecule has 0 amide bonds. The zero-order valence-corrected chi connectivity index (χ0v) is 7.39. The molecule has 0 aromatic carbocycles. The molecule has 3 aliphatic rings. The first-order valence-electron chi connectivity index (χ1n) is 4.97. The Morgan fingerprint density at radius 1 is 1.08 bits per heavy atom. The Morgan fingerprint density at radius 2 is 1.85 bits per heavy atom. The molecule has 0 spiro atoms. The number of rotatable bonds is 2. The first kappa shape index (κ1) is 8.17. The van der Waals surface area contributed by atoms with Gasteiger partial charge in [0.25, 0.3) is 0 Å². The van der Waals surface area contributed by atoms with Gasteiger partial charge in [-0.05, 0) is 25.7 Å². The maximum atomic E-state index is 9.28. The van der Waals surface area contributed by atoms with Crippen LogP contribution in [0.15, 0.2) is 0 Å². The summed E-state index contributed by atoms with van der Waals surface area (Å²) >= 11 is 0. The van der Waals surface area contributed by atoms with Crippen LogP contribution in [0.2, 0.25) is 0 Å². The summed E-state index contributed by atoms with van der Waals surface area (Å²) < 4.78 is 16.0. The van der Waals surface area contributed by atoms with Crippen LogP contribution < -0.4 is 0 Å². The topological polar surface area (TPSA) is 51.2 Å². The third-order valence-corrected chi connectivity index (χ3v) is 2.99. The van der Waals surface area contributed by atoms with Gasteiger partial charge < -0.3 is 19.3 Å². The first-order chi connectivity index (χ1) is 6.33. The van der Waals surface area contributed by atoms with E-state index in [1.165, 1.54) is 0 Å². The third-order valence-electron chi connectivity index (χ3n) is 2.99. The summed E-state index contributed by atoms with van der Waals surface area (Å²) in [7, 11) is 0. The monoisotopic (exact) mass is 186 g/mol. The molecule has 3 fully saturated rings. The molecule has 0 aromatic rings. The van der Waals surface area contributed by atoms with Crippen molar-refractivity contribution in [3.8, 4) is 0 Å². The van der Waals surface area contributed by atoms with Crippen LogP contribution in [-0.4, -0.2) is 36.0 Å². The zero-order chi connectivity index (χ0) is 8.84. The standard InChI is InChI=1S/C9H14O4/c10-5-1-3-6(4-2-5)11-8-7-9(12-7)13-8/h5-10H,1-4H2. The molecule has 3 unspecified atom stereocenters. The second kappa shape index (κ2) is 2.92. The van der Waals surface area contributed by atoms with Crippen molar-refractivity contribution < 1.29 is 19.3 Å². The Morgan fingerprint density at radius 3 is 2.38 bits per heavy atom. The lowest BCUT2D eigenvalue weighted by molar-refractivity contribution is -0.229. The molecule has 4 heteroatoms. The predicted molar refractivity (Wildman–Crippen MR) is 42.9 cm³/mol. The summed E-state index contributed by atoms with van der Waals surface area (Å²) in [6, 6.07) is 0. The zero-order valence-electron chi connectivity index (χ0n) is 7.39. The van der Waals surface area contributed by atoms with Crippen molar-refractivity contribution >= 4 is 0 Å². The molecule has 0 bridgehead atoms. The first-order valence-corrected chi connectivity index (χ1v) is 4.97. The fraction of sp³-hybridized carbons (Fsp3) is 1.00. The summed E-state index contributed by atoms with van der Waals surface area (Å²) in [5.74, 6) is 0. The van der Waals surface area contributed by atoms with Gasteiger partial charge in [-0.3, -0.25) is 0 Å². The summed E-state index contributed by atoms with van der Waals surface area (Å²) in [5.41, 5.74) is 0. The van der Waals surface area contributed by atoms with Gasteiger partial charge in [-0.15, -0.1) is 0 Å². The molecule has 0 aromatic heterocycles. The van der Waals surface area contributed by atoms with Crippen molar-refractivity contribution in [2.75, 3.05) is 0 Å². The molecule has 74 valence electrons. The highest BCUT2D eigenvalue weighted by Crippen LogP contribution is 2.42. The van der Waals surface area contributed by atoms with Gasteiger partial charge in [0, 0.05) is 0 Å². The number of fused-ring (bicyclic) bond motifs is 1. The minimum Gasteiger partial charge on any atom is -0.393 e. The Bertz CT molecular complexity index is 200. The molecule has 4 nitrogen and oxygen atoms in total. The van der Waals surface area contributed by atoms with E-state index < -0.39 is 0 Å². The lowest BCUT2D eigenvalue weighted by Gasteiger charge is -2.30. The number of epoxide rings is 1. The van der Waals surface area contributed by atoms with E-state index in [0.29, 0.717) is 0 Å². The summed E-state index contributed by atoms with van der Waals surface area (Å²) in [4.78, 5) is 0. The van der Waals surface area contributed by atoms with Crippen LogP contribution in [-0.2, 0) is 14.2 Å². The number of ether oxygens (including phenoxy) is 3. The van der Waals surface area contributed by atoms with E-state index in [4.69, 9.17) is 14.2 Å². The molecule has 0 radical (unpaired) electrons. The van der Waals surface area contributed by atoms with E-state index in [1.54, 1.807) is 0 Å². The highest BCUT2D eigenvalue weighted by atomic mass is 16.9. The Hall–Kier alpha value is -0.160. The SMILES string of the molecule is OC1CCC(OC2OC3OC23)CC1. The van der Waals surface area contributed by atoms with Crippen molar-refractivity contribution in [2.24, 2.45) is 0 Å². The largest absolute Gasteiger partial charge is 0.393 e. The van der Waals surface area contributed by atoms with Crippen LogP contribution in [0.4, 0.5) is 0 Å². The predicted octanol–water partition coefficient (Wildman–Crippen LogP) is 0.388. The molecule has 2 saturated heterocycles. The number of aliphatic hydroxyl groups excluding tert-OH is 1. The maximum Gasteiger partial charge on any atom is 0.192 e. The second-order valence-corrected chi connectivity index (χ2v) is 4.04. The molecule has 3 rings (SSSR count). The fourth-order valence-electron chi connectivity index (χ4n) is 2.01. The third kappa shape index (κ3) is 1.48. The Labute approximate surface area is 76.8 Å². The van der Waals surface area contributed by atoms with Crippen molar-refractivity contribution in [3.63, 3.8) is 0 Å². The highest BCUT2D eigenvalue weighted by Gasteiger charge is 2.60. The molecule has 13 heavy (non-hydrogen) atoms. The Balaban J connectivity index is 1.45. The molecular formula is C9H14O4.